The van der Waals surface area contributed by atoms with E-state index in [1.54, 1.807) is 23.7 Å². The number of nitrogens with zero attached hydrogens (tertiary/aromatic N) is 4. The molecule has 0 unspecified atom stereocenters. The lowest BCUT2D eigenvalue weighted by molar-refractivity contribution is -0.130. The first-order valence-electron chi connectivity index (χ1n) is 8.95. The van der Waals surface area contributed by atoms with Crippen molar-refractivity contribution in [3.05, 3.63) is 65.4 Å². The van der Waals surface area contributed by atoms with E-state index in [0.29, 0.717) is 19.5 Å². The number of amides is 1. The third-order valence-corrected chi connectivity index (χ3v) is 5.29. The Hall–Kier alpha value is -2.73. The van der Waals surface area contributed by atoms with Crippen LogP contribution < -0.4 is 4.90 Å². The Morgan fingerprint density at radius 1 is 1.15 bits per heavy atom. The molecule has 1 aromatic carbocycles. The molecule has 5 nitrogen and oxygen atoms in total. The Balaban J connectivity index is 1.64. The summed E-state index contributed by atoms with van der Waals surface area (Å²) in [7, 11) is 4.04. The van der Waals surface area contributed by atoms with E-state index >= 15 is 0 Å². The predicted octanol–water partition coefficient (Wildman–Crippen LogP) is 3.86. The summed E-state index contributed by atoms with van der Waals surface area (Å²) >= 11 is 1.55. The van der Waals surface area contributed by atoms with E-state index < -0.39 is 0 Å². The summed E-state index contributed by atoms with van der Waals surface area (Å²) in [5.41, 5.74) is 4.07. The summed E-state index contributed by atoms with van der Waals surface area (Å²) in [5, 5.41) is 2.85. The fraction of sp³-hybridized carbons (Fsp3) is 0.286. The summed E-state index contributed by atoms with van der Waals surface area (Å²) in [4.78, 5) is 25.4. The molecular weight excluding hydrogens is 356 g/mol. The number of likely N-dealkylation sites (N-methyl/N-ethyl adjacent to an activating group) is 1. The quantitative estimate of drug-likeness (QED) is 0.624. The molecule has 0 aliphatic heterocycles. The Bertz CT molecular complexity index is 875. The summed E-state index contributed by atoms with van der Waals surface area (Å²) in [6, 6.07) is 12.2. The van der Waals surface area contributed by atoms with Crippen LogP contribution in [0.25, 0.3) is 10.6 Å². The van der Waals surface area contributed by atoms with Crippen LogP contribution in [-0.2, 0) is 17.8 Å². The second-order valence-corrected chi connectivity index (χ2v) is 7.39. The minimum Gasteiger partial charge on any atom is -0.378 e. The Kier molecular flexibility index (Phi) is 6.19. The number of rotatable bonds is 7. The second kappa shape index (κ2) is 8.77. The lowest BCUT2D eigenvalue weighted by Crippen LogP contribution is -2.31. The van der Waals surface area contributed by atoms with E-state index in [-0.39, 0.29) is 5.91 Å². The van der Waals surface area contributed by atoms with E-state index in [2.05, 4.69) is 39.1 Å². The Labute approximate surface area is 164 Å². The molecule has 0 aliphatic carbocycles. The highest BCUT2D eigenvalue weighted by Crippen LogP contribution is 2.23. The van der Waals surface area contributed by atoms with Crippen molar-refractivity contribution in [1.82, 2.24) is 14.9 Å². The number of carbonyl (C=O) groups excluding carboxylic acids is 1. The first-order chi connectivity index (χ1) is 13.1. The topological polar surface area (TPSA) is 49.3 Å². The molecule has 0 saturated heterocycles. The highest BCUT2D eigenvalue weighted by atomic mass is 32.1. The van der Waals surface area contributed by atoms with Gasteiger partial charge < -0.3 is 9.80 Å². The fourth-order valence-corrected chi connectivity index (χ4v) is 3.58. The number of anilines is 1. The van der Waals surface area contributed by atoms with Gasteiger partial charge in [0.15, 0.2) is 0 Å². The van der Waals surface area contributed by atoms with Crippen LogP contribution in [0.4, 0.5) is 5.69 Å². The van der Waals surface area contributed by atoms with Gasteiger partial charge in [0.1, 0.15) is 5.01 Å². The van der Waals surface area contributed by atoms with Crippen LogP contribution >= 0.6 is 11.3 Å². The van der Waals surface area contributed by atoms with Crippen molar-refractivity contribution in [3.8, 4) is 10.6 Å². The van der Waals surface area contributed by atoms with Gasteiger partial charge in [0.25, 0.3) is 0 Å². The van der Waals surface area contributed by atoms with Gasteiger partial charge in [0.2, 0.25) is 5.91 Å². The summed E-state index contributed by atoms with van der Waals surface area (Å²) in [6.45, 7) is 3.30. The van der Waals surface area contributed by atoms with Gasteiger partial charge in [-0.3, -0.25) is 9.78 Å². The Morgan fingerprint density at radius 2 is 1.93 bits per heavy atom. The first kappa shape index (κ1) is 19.0. The molecule has 1 amide bonds. The standard InChI is InChI=1S/C21H24N4OS/c1-4-25(14-16-7-9-19(10-8-16)24(2)3)20(26)12-18-15-27-21(23-18)17-6-5-11-22-13-17/h5-11,13,15H,4,12,14H2,1-3H3. The molecule has 0 aliphatic rings. The smallest absolute Gasteiger partial charge is 0.228 e. The molecular formula is C21H24N4OS. The average molecular weight is 381 g/mol. The zero-order chi connectivity index (χ0) is 19.2. The molecule has 6 heteroatoms. The zero-order valence-electron chi connectivity index (χ0n) is 15.9. The van der Waals surface area contributed by atoms with E-state index in [4.69, 9.17) is 0 Å². The number of pyridine rings is 1. The number of aromatic nitrogens is 2. The molecule has 0 fully saturated rings. The zero-order valence-corrected chi connectivity index (χ0v) is 16.7. The van der Waals surface area contributed by atoms with Crippen molar-refractivity contribution in [2.45, 2.75) is 19.9 Å². The van der Waals surface area contributed by atoms with Gasteiger partial charge in [0, 0.05) is 56.2 Å². The van der Waals surface area contributed by atoms with Gasteiger partial charge in [-0.15, -0.1) is 11.3 Å². The summed E-state index contributed by atoms with van der Waals surface area (Å²) in [5.74, 6) is 0.0947. The van der Waals surface area contributed by atoms with E-state index in [1.807, 2.05) is 43.4 Å². The largest absolute Gasteiger partial charge is 0.378 e. The van der Waals surface area contributed by atoms with Crippen LogP contribution in [0.2, 0.25) is 0 Å². The van der Waals surface area contributed by atoms with Crippen molar-refractivity contribution < 1.29 is 4.79 Å². The molecule has 27 heavy (non-hydrogen) atoms. The molecule has 3 aromatic rings. The van der Waals surface area contributed by atoms with Crippen LogP contribution in [0.5, 0.6) is 0 Å². The molecule has 2 heterocycles. The van der Waals surface area contributed by atoms with Crippen molar-refractivity contribution >= 4 is 22.9 Å². The van der Waals surface area contributed by atoms with Crippen molar-refractivity contribution in [3.63, 3.8) is 0 Å². The van der Waals surface area contributed by atoms with Crippen LogP contribution in [0.3, 0.4) is 0 Å². The maximum absolute atomic E-state index is 12.7. The van der Waals surface area contributed by atoms with E-state index in [1.165, 1.54) is 0 Å². The van der Waals surface area contributed by atoms with Gasteiger partial charge in [-0.25, -0.2) is 4.98 Å². The molecule has 2 aromatic heterocycles. The molecule has 0 bridgehead atoms. The van der Waals surface area contributed by atoms with Gasteiger partial charge in [-0.1, -0.05) is 12.1 Å². The lowest BCUT2D eigenvalue weighted by Gasteiger charge is -2.21. The lowest BCUT2D eigenvalue weighted by atomic mass is 10.1. The van der Waals surface area contributed by atoms with Crippen LogP contribution in [0, 0.1) is 0 Å². The third kappa shape index (κ3) is 4.92. The van der Waals surface area contributed by atoms with Gasteiger partial charge in [-0.2, -0.15) is 0 Å². The fourth-order valence-electron chi connectivity index (χ4n) is 2.77. The highest BCUT2D eigenvalue weighted by Gasteiger charge is 2.15. The number of carbonyl (C=O) groups is 1. The number of thiazole rings is 1. The average Bonchev–Trinajstić information content (AvgIpc) is 3.15. The van der Waals surface area contributed by atoms with Crippen molar-refractivity contribution in [2.75, 3.05) is 25.5 Å². The predicted molar refractivity (Wildman–Crippen MR) is 111 cm³/mol. The SMILES string of the molecule is CCN(Cc1ccc(N(C)C)cc1)C(=O)Cc1csc(-c2cccnc2)n1. The van der Waals surface area contributed by atoms with Crippen LogP contribution in [0.1, 0.15) is 18.2 Å². The van der Waals surface area contributed by atoms with E-state index in [9.17, 15) is 4.79 Å². The van der Waals surface area contributed by atoms with E-state index in [0.717, 1.165) is 27.5 Å². The maximum atomic E-state index is 12.7. The van der Waals surface area contributed by atoms with Crippen LogP contribution in [0.15, 0.2) is 54.2 Å². The molecule has 0 N–H and O–H groups in total. The number of hydrogen-bond acceptors (Lipinski definition) is 5. The second-order valence-electron chi connectivity index (χ2n) is 6.53. The van der Waals surface area contributed by atoms with Crippen molar-refractivity contribution in [1.29, 1.82) is 0 Å². The van der Waals surface area contributed by atoms with Crippen molar-refractivity contribution in [2.24, 2.45) is 0 Å². The minimum absolute atomic E-state index is 0.0947. The van der Waals surface area contributed by atoms with Gasteiger partial charge >= 0.3 is 0 Å². The van der Waals surface area contributed by atoms with Crippen LogP contribution in [-0.4, -0.2) is 41.4 Å². The summed E-state index contributed by atoms with van der Waals surface area (Å²) in [6.07, 6.45) is 3.85. The molecule has 0 radical (unpaired) electrons. The summed E-state index contributed by atoms with van der Waals surface area (Å²) < 4.78 is 0. The van der Waals surface area contributed by atoms with Gasteiger partial charge in [-0.05, 0) is 36.8 Å². The Morgan fingerprint density at radius 3 is 2.56 bits per heavy atom. The molecule has 0 saturated carbocycles. The highest BCUT2D eigenvalue weighted by molar-refractivity contribution is 7.13. The first-order valence-corrected chi connectivity index (χ1v) is 9.83. The monoisotopic (exact) mass is 380 g/mol. The molecule has 0 spiro atoms. The number of hydrogen-bond donors (Lipinski definition) is 0. The third-order valence-electron chi connectivity index (χ3n) is 4.35. The normalized spacial score (nSPS) is 10.6. The molecule has 0 atom stereocenters. The van der Waals surface area contributed by atoms with Gasteiger partial charge in [0.05, 0.1) is 12.1 Å². The number of benzene rings is 1. The minimum atomic E-state index is 0.0947. The molecule has 3 rings (SSSR count). The maximum Gasteiger partial charge on any atom is 0.228 e. The molecule has 140 valence electrons.